The van der Waals surface area contributed by atoms with E-state index in [4.69, 9.17) is 4.74 Å². The van der Waals surface area contributed by atoms with E-state index in [1.807, 2.05) is 6.07 Å². The monoisotopic (exact) mass is 363 g/mol. The Bertz CT molecular complexity index is 860. The van der Waals surface area contributed by atoms with Crippen LogP contribution in [0.3, 0.4) is 0 Å². The van der Waals surface area contributed by atoms with E-state index in [-0.39, 0.29) is 18.1 Å². The Morgan fingerprint density at radius 3 is 2.56 bits per heavy atom. The molecule has 0 spiro atoms. The standard InChI is InChI=1S/C16H17N3O5S/c1-10-12(15(22)19-16(23)17-10)8-25-9-14(21)24-7-13(20)18-11-5-3-2-4-6-11/h2-6H,7-9H2,1H3,(H,18,20)(H2,17,19,22,23). The van der Waals surface area contributed by atoms with Gasteiger partial charge in [-0.1, -0.05) is 18.2 Å². The van der Waals surface area contributed by atoms with Gasteiger partial charge in [-0.25, -0.2) is 4.79 Å². The Balaban J connectivity index is 1.73. The summed E-state index contributed by atoms with van der Waals surface area (Å²) in [5, 5.41) is 2.60. The molecule has 2 rings (SSSR count). The Kier molecular flexibility index (Phi) is 6.58. The summed E-state index contributed by atoms with van der Waals surface area (Å²) in [6.07, 6.45) is 0. The van der Waals surface area contributed by atoms with Crippen molar-refractivity contribution in [3.8, 4) is 0 Å². The maximum atomic E-state index is 11.7. The zero-order chi connectivity index (χ0) is 18.2. The SMILES string of the molecule is Cc1[nH]c(=O)[nH]c(=O)c1CSCC(=O)OCC(=O)Nc1ccccc1. The van der Waals surface area contributed by atoms with Crippen LogP contribution in [0.25, 0.3) is 0 Å². The Morgan fingerprint density at radius 1 is 1.16 bits per heavy atom. The molecule has 1 amide bonds. The van der Waals surface area contributed by atoms with Gasteiger partial charge in [0.05, 0.1) is 5.75 Å². The molecule has 9 heteroatoms. The number of H-pyrrole nitrogens is 2. The van der Waals surface area contributed by atoms with Crippen molar-refractivity contribution in [1.29, 1.82) is 0 Å². The molecule has 2 aromatic rings. The quantitative estimate of drug-likeness (QED) is 0.625. The number of rotatable bonds is 7. The fraction of sp³-hybridized carbons (Fsp3) is 0.250. The van der Waals surface area contributed by atoms with Gasteiger partial charge < -0.3 is 15.0 Å². The van der Waals surface area contributed by atoms with Crippen LogP contribution in [-0.2, 0) is 20.1 Å². The van der Waals surface area contributed by atoms with E-state index in [2.05, 4.69) is 15.3 Å². The lowest BCUT2D eigenvalue weighted by molar-refractivity contribution is -0.144. The lowest BCUT2D eigenvalue weighted by Gasteiger charge is -2.07. The Labute approximate surface area is 147 Å². The van der Waals surface area contributed by atoms with Gasteiger partial charge >= 0.3 is 11.7 Å². The smallest absolute Gasteiger partial charge is 0.325 e. The van der Waals surface area contributed by atoms with Crippen LogP contribution in [0, 0.1) is 6.92 Å². The zero-order valence-electron chi connectivity index (χ0n) is 13.5. The average molecular weight is 363 g/mol. The Hall–Kier alpha value is -2.81. The van der Waals surface area contributed by atoms with Crippen LogP contribution in [0.2, 0.25) is 0 Å². The third-order valence-corrected chi connectivity index (χ3v) is 4.08. The third-order valence-electron chi connectivity index (χ3n) is 3.14. The van der Waals surface area contributed by atoms with E-state index < -0.39 is 23.1 Å². The number of esters is 1. The summed E-state index contributed by atoms with van der Waals surface area (Å²) in [7, 11) is 0. The highest BCUT2D eigenvalue weighted by Crippen LogP contribution is 2.10. The molecule has 0 aliphatic rings. The molecule has 0 fully saturated rings. The van der Waals surface area contributed by atoms with E-state index >= 15 is 0 Å². The van der Waals surface area contributed by atoms with Gasteiger partial charge in [0.2, 0.25) is 0 Å². The molecule has 0 saturated heterocycles. The van der Waals surface area contributed by atoms with Crippen molar-refractivity contribution in [3.63, 3.8) is 0 Å². The fourth-order valence-electron chi connectivity index (χ4n) is 1.94. The minimum Gasteiger partial charge on any atom is -0.455 e. The summed E-state index contributed by atoms with van der Waals surface area (Å²) in [5.74, 6) is -0.774. The van der Waals surface area contributed by atoms with Crippen molar-refractivity contribution in [2.24, 2.45) is 0 Å². The lowest BCUT2D eigenvalue weighted by Crippen LogP contribution is -2.26. The summed E-state index contributed by atoms with van der Waals surface area (Å²) >= 11 is 1.16. The van der Waals surface area contributed by atoms with Gasteiger partial charge in [-0.15, -0.1) is 11.8 Å². The molecule has 0 bridgehead atoms. The number of para-hydroxylation sites is 1. The summed E-state index contributed by atoms with van der Waals surface area (Å²) in [6.45, 7) is 1.23. The molecule has 1 heterocycles. The van der Waals surface area contributed by atoms with E-state index in [0.29, 0.717) is 16.9 Å². The predicted octanol–water partition coefficient (Wildman–Crippen LogP) is 0.787. The van der Waals surface area contributed by atoms with Gasteiger partial charge in [0.25, 0.3) is 11.5 Å². The maximum absolute atomic E-state index is 11.7. The second kappa shape index (κ2) is 8.88. The van der Waals surface area contributed by atoms with Crippen molar-refractivity contribution in [2.75, 3.05) is 17.7 Å². The number of thioether (sulfide) groups is 1. The van der Waals surface area contributed by atoms with Crippen LogP contribution in [0.15, 0.2) is 39.9 Å². The van der Waals surface area contributed by atoms with E-state index in [9.17, 15) is 19.2 Å². The van der Waals surface area contributed by atoms with Gasteiger partial charge in [-0.3, -0.25) is 19.4 Å². The molecule has 3 N–H and O–H groups in total. The second-order valence-electron chi connectivity index (χ2n) is 5.08. The van der Waals surface area contributed by atoms with Gasteiger partial charge in [0.15, 0.2) is 6.61 Å². The molecule has 0 radical (unpaired) electrons. The van der Waals surface area contributed by atoms with Crippen LogP contribution < -0.4 is 16.6 Å². The maximum Gasteiger partial charge on any atom is 0.325 e. The van der Waals surface area contributed by atoms with Gasteiger partial charge in [-0.05, 0) is 19.1 Å². The highest BCUT2D eigenvalue weighted by molar-refractivity contribution is 7.99. The number of carbonyl (C=O) groups is 2. The topological polar surface area (TPSA) is 121 Å². The fourth-order valence-corrected chi connectivity index (χ4v) is 2.85. The number of aromatic nitrogens is 2. The molecular weight excluding hydrogens is 346 g/mol. The van der Waals surface area contributed by atoms with Crippen molar-refractivity contribution in [1.82, 2.24) is 9.97 Å². The molecule has 0 aliphatic carbocycles. The van der Waals surface area contributed by atoms with Crippen molar-refractivity contribution < 1.29 is 14.3 Å². The first-order valence-electron chi connectivity index (χ1n) is 7.36. The van der Waals surface area contributed by atoms with Crippen molar-refractivity contribution in [2.45, 2.75) is 12.7 Å². The van der Waals surface area contributed by atoms with E-state index in [1.54, 1.807) is 31.2 Å². The van der Waals surface area contributed by atoms with Crippen LogP contribution in [-0.4, -0.2) is 34.2 Å². The zero-order valence-corrected chi connectivity index (χ0v) is 14.3. The van der Waals surface area contributed by atoms with Gasteiger partial charge in [0.1, 0.15) is 0 Å². The third kappa shape index (κ3) is 5.96. The number of anilines is 1. The first-order chi connectivity index (χ1) is 12.0. The molecule has 0 saturated carbocycles. The van der Waals surface area contributed by atoms with E-state index in [1.165, 1.54) is 0 Å². The molecule has 0 aliphatic heterocycles. The van der Waals surface area contributed by atoms with Gasteiger partial charge in [0, 0.05) is 22.7 Å². The molecular formula is C16H17N3O5S. The predicted molar refractivity (Wildman–Crippen MR) is 94.6 cm³/mol. The number of aromatic amines is 2. The summed E-state index contributed by atoms with van der Waals surface area (Å²) in [4.78, 5) is 50.7. The van der Waals surface area contributed by atoms with Crippen LogP contribution in [0.4, 0.5) is 5.69 Å². The summed E-state index contributed by atoms with van der Waals surface area (Å²) in [6, 6.07) is 8.82. The van der Waals surface area contributed by atoms with Crippen LogP contribution in [0.1, 0.15) is 11.3 Å². The Morgan fingerprint density at radius 2 is 1.88 bits per heavy atom. The number of amides is 1. The normalized spacial score (nSPS) is 10.3. The average Bonchev–Trinajstić information content (AvgIpc) is 2.56. The number of ether oxygens (including phenoxy) is 1. The van der Waals surface area contributed by atoms with Crippen molar-refractivity contribution in [3.05, 3.63) is 62.4 Å². The largest absolute Gasteiger partial charge is 0.455 e. The molecule has 8 nitrogen and oxygen atoms in total. The molecule has 0 unspecified atom stereocenters. The number of benzene rings is 1. The molecule has 132 valence electrons. The van der Waals surface area contributed by atoms with Crippen molar-refractivity contribution >= 4 is 29.3 Å². The highest BCUT2D eigenvalue weighted by Gasteiger charge is 2.10. The number of hydrogen-bond donors (Lipinski definition) is 3. The summed E-state index contributed by atoms with van der Waals surface area (Å²) < 4.78 is 4.88. The number of aryl methyl sites for hydroxylation is 1. The van der Waals surface area contributed by atoms with Crippen LogP contribution in [0.5, 0.6) is 0 Å². The lowest BCUT2D eigenvalue weighted by atomic mass is 10.3. The number of nitrogens with one attached hydrogen (secondary N) is 3. The van der Waals surface area contributed by atoms with Crippen LogP contribution >= 0.6 is 11.8 Å². The molecule has 25 heavy (non-hydrogen) atoms. The molecule has 0 atom stereocenters. The first-order valence-corrected chi connectivity index (χ1v) is 8.51. The second-order valence-corrected chi connectivity index (χ2v) is 6.07. The van der Waals surface area contributed by atoms with E-state index in [0.717, 1.165) is 11.8 Å². The summed E-state index contributed by atoms with van der Waals surface area (Å²) in [5.41, 5.74) is 0.409. The number of carbonyl (C=O) groups excluding carboxylic acids is 2. The molecule has 1 aromatic heterocycles. The first kappa shape index (κ1) is 18.5. The minimum atomic E-state index is -0.569. The minimum absolute atomic E-state index is 0.0172. The van der Waals surface area contributed by atoms with Gasteiger partial charge in [-0.2, -0.15) is 0 Å². The number of hydrogen-bond acceptors (Lipinski definition) is 6. The molecule has 1 aromatic carbocycles. The highest BCUT2D eigenvalue weighted by atomic mass is 32.2.